The van der Waals surface area contributed by atoms with Gasteiger partial charge in [-0.3, -0.25) is 0 Å². The molecule has 5 rings (SSSR count). The molecule has 0 aliphatic heterocycles. The third-order valence-corrected chi connectivity index (χ3v) is 4.98. The highest BCUT2D eigenvalue weighted by Crippen LogP contribution is 2.34. The summed E-state index contributed by atoms with van der Waals surface area (Å²) in [6.07, 6.45) is 1.95. The van der Waals surface area contributed by atoms with Crippen LogP contribution in [0.4, 0.5) is 0 Å². The van der Waals surface area contributed by atoms with Gasteiger partial charge >= 0.3 is 0 Å². The van der Waals surface area contributed by atoms with Crippen LogP contribution in [0.1, 0.15) is 0 Å². The Hall–Kier alpha value is -3.59. The fourth-order valence-electron chi connectivity index (χ4n) is 3.63. The Bertz CT molecular complexity index is 1240. The van der Waals surface area contributed by atoms with E-state index in [9.17, 15) is 0 Å². The molecule has 3 nitrogen and oxygen atoms in total. The minimum absolute atomic E-state index is 0.852. The SMILES string of the molecule is COc1ccc(-c2cnn3c(-c4ccccc4)cc4ccccc4c23)cc1. The number of hydrogen-bond donors (Lipinski definition) is 0. The predicted octanol–water partition coefficient (Wildman–Crippen LogP) is 5.83. The van der Waals surface area contributed by atoms with E-state index >= 15 is 0 Å². The molecule has 0 fully saturated rings. The first-order valence-electron chi connectivity index (χ1n) is 8.94. The highest BCUT2D eigenvalue weighted by Gasteiger charge is 2.14. The second-order valence-electron chi connectivity index (χ2n) is 6.53. The molecular weight excluding hydrogens is 332 g/mol. The Morgan fingerprint density at radius 1 is 0.778 bits per heavy atom. The molecule has 27 heavy (non-hydrogen) atoms. The number of rotatable bonds is 3. The van der Waals surface area contributed by atoms with Gasteiger partial charge in [0.15, 0.2) is 0 Å². The lowest BCUT2D eigenvalue weighted by atomic mass is 10.0. The Morgan fingerprint density at radius 3 is 2.30 bits per heavy atom. The van der Waals surface area contributed by atoms with E-state index in [1.807, 2.05) is 24.4 Å². The molecule has 0 aliphatic carbocycles. The summed E-state index contributed by atoms with van der Waals surface area (Å²) in [5.41, 5.74) is 5.60. The van der Waals surface area contributed by atoms with Crippen molar-refractivity contribution in [3.63, 3.8) is 0 Å². The van der Waals surface area contributed by atoms with E-state index in [4.69, 9.17) is 9.84 Å². The van der Waals surface area contributed by atoms with E-state index in [0.717, 1.165) is 33.7 Å². The molecule has 5 aromatic rings. The van der Waals surface area contributed by atoms with E-state index in [1.165, 1.54) is 10.8 Å². The van der Waals surface area contributed by atoms with Crippen LogP contribution < -0.4 is 4.74 Å². The summed E-state index contributed by atoms with van der Waals surface area (Å²) < 4.78 is 7.35. The quantitative estimate of drug-likeness (QED) is 0.409. The van der Waals surface area contributed by atoms with Gasteiger partial charge in [-0.1, -0.05) is 66.7 Å². The van der Waals surface area contributed by atoms with E-state index in [-0.39, 0.29) is 0 Å². The van der Waals surface area contributed by atoms with Crippen molar-refractivity contribution >= 4 is 16.3 Å². The minimum Gasteiger partial charge on any atom is -0.497 e. The number of nitrogens with zero attached hydrogens (tertiary/aromatic N) is 2. The van der Waals surface area contributed by atoms with Gasteiger partial charge < -0.3 is 4.74 Å². The van der Waals surface area contributed by atoms with Crippen LogP contribution in [0.2, 0.25) is 0 Å². The normalized spacial score (nSPS) is 11.1. The maximum absolute atomic E-state index is 5.30. The van der Waals surface area contributed by atoms with E-state index < -0.39 is 0 Å². The van der Waals surface area contributed by atoms with Crippen molar-refractivity contribution in [3.8, 4) is 28.1 Å². The average molecular weight is 350 g/mol. The summed E-state index contributed by atoms with van der Waals surface area (Å²) in [6.45, 7) is 0. The second-order valence-corrected chi connectivity index (χ2v) is 6.53. The van der Waals surface area contributed by atoms with Crippen molar-refractivity contribution in [2.75, 3.05) is 7.11 Å². The van der Waals surface area contributed by atoms with Crippen LogP contribution in [0, 0.1) is 0 Å². The Labute approximate surface area is 157 Å². The average Bonchev–Trinajstić information content (AvgIpc) is 3.19. The fraction of sp³-hybridized carbons (Fsp3) is 0.0417. The predicted molar refractivity (Wildman–Crippen MR) is 110 cm³/mol. The van der Waals surface area contributed by atoms with Gasteiger partial charge in [0.25, 0.3) is 0 Å². The molecule has 0 saturated carbocycles. The molecule has 0 saturated heterocycles. The zero-order valence-corrected chi connectivity index (χ0v) is 15.0. The third kappa shape index (κ3) is 2.56. The number of fused-ring (bicyclic) bond motifs is 3. The van der Waals surface area contributed by atoms with Crippen LogP contribution >= 0.6 is 0 Å². The molecule has 0 amide bonds. The Morgan fingerprint density at radius 2 is 1.52 bits per heavy atom. The first-order valence-corrected chi connectivity index (χ1v) is 8.94. The topological polar surface area (TPSA) is 26.5 Å². The zero-order chi connectivity index (χ0) is 18.2. The summed E-state index contributed by atoms with van der Waals surface area (Å²) in [5.74, 6) is 0.852. The number of methoxy groups -OCH3 is 1. The van der Waals surface area contributed by atoms with Gasteiger partial charge in [0.2, 0.25) is 0 Å². The summed E-state index contributed by atoms with van der Waals surface area (Å²) in [4.78, 5) is 0. The number of aromatic nitrogens is 2. The zero-order valence-electron chi connectivity index (χ0n) is 15.0. The number of benzene rings is 3. The van der Waals surface area contributed by atoms with Gasteiger partial charge in [-0.05, 0) is 29.1 Å². The van der Waals surface area contributed by atoms with Gasteiger partial charge in [-0.25, -0.2) is 4.52 Å². The van der Waals surface area contributed by atoms with E-state index in [1.54, 1.807) is 7.11 Å². The molecule has 130 valence electrons. The maximum Gasteiger partial charge on any atom is 0.118 e. The lowest BCUT2D eigenvalue weighted by Gasteiger charge is -2.10. The third-order valence-electron chi connectivity index (χ3n) is 4.98. The highest BCUT2D eigenvalue weighted by molar-refractivity contribution is 6.04. The first kappa shape index (κ1) is 15.6. The standard InChI is InChI=1S/C24H18N2O/c1-27-20-13-11-17(12-14-20)22-16-25-26-23(18-7-3-2-4-8-18)15-19-9-5-6-10-21(19)24(22)26/h2-16H,1H3. The minimum atomic E-state index is 0.852. The van der Waals surface area contributed by atoms with Gasteiger partial charge in [-0.2, -0.15) is 5.10 Å². The van der Waals surface area contributed by atoms with Gasteiger partial charge in [0, 0.05) is 16.5 Å². The Kier molecular flexibility index (Phi) is 3.65. The van der Waals surface area contributed by atoms with Crippen molar-refractivity contribution in [2.24, 2.45) is 0 Å². The molecule has 0 spiro atoms. The second kappa shape index (κ2) is 6.29. The van der Waals surface area contributed by atoms with Crippen molar-refractivity contribution in [1.29, 1.82) is 0 Å². The summed E-state index contributed by atoms with van der Waals surface area (Å²) in [6, 6.07) is 29.2. The van der Waals surface area contributed by atoms with Crippen LogP contribution in [-0.4, -0.2) is 16.7 Å². The monoisotopic (exact) mass is 350 g/mol. The summed E-state index contributed by atoms with van der Waals surface area (Å²) in [7, 11) is 1.68. The van der Waals surface area contributed by atoms with Crippen molar-refractivity contribution in [1.82, 2.24) is 9.61 Å². The Balaban J connectivity index is 1.85. The first-order chi connectivity index (χ1) is 13.3. The van der Waals surface area contributed by atoms with Crippen LogP contribution in [0.3, 0.4) is 0 Å². The summed E-state index contributed by atoms with van der Waals surface area (Å²) >= 11 is 0. The largest absolute Gasteiger partial charge is 0.497 e. The maximum atomic E-state index is 5.30. The van der Waals surface area contributed by atoms with Crippen molar-refractivity contribution in [3.05, 3.63) is 91.1 Å². The van der Waals surface area contributed by atoms with Crippen LogP contribution in [0.15, 0.2) is 91.1 Å². The number of pyridine rings is 1. The van der Waals surface area contributed by atoms with E-state index in [0.29, 0.717) is 0 Å². The van der Waals surface area contributed by atoms with Crippen LogP contribution in [0.5, 0.6) is 5.75 Å². The smallest absolute Gasteiger partial charge is 0.118 e. The van der Waals surface area contributed by atoms with Crippen LogP contribution in [-0.2, 0) is 0 Å². The molecule has 0 N–H and O–H groups in total. The molecule has 3 heteroatoms. The molecule has 2 heterocycles. The molecule has 0 radical (unpaired) electrons. The molecule has 0 aliphatic rings. The summed E-state index contributed by atoms with van der Waals surface area (Å²) in [5, 5.41) is 7.15. The van der Waals surface area contributed by atoms with Gasteiger partial charge in [-0.15, -0.1) is 0 Å². The number of hydrogen-bond acceptors (Lipinski definition) is 2. The van der Waals surface area contributed by atoms with Gasteiger partial charge in [0.1, 0.15) is 5.75 Å². The van der Waals surface area contributed by atoms with Crippen molar-refractivity contribution < 1.29 is 4.74 Å². The molecule has 0 unspecified atom stereocenters. The lowest BCUT2D eigenvalue weighted by molar-refractivity contribution is 0.415. The molecular formula is C24H18N2O. The number of ether oxygens (including phenoxy) is 1. The fourth-order valence-corrected chi connectivity index (χ4v) is 3.63. The highest BCUT2D eigenvalue weighted by atomic mass is 16.5. The van der Waals surface area contributed by atoms with Gasteiger partial charge in [0.05, 0.1) is 24.5 Å². The van der Waals surface area contributed by atoms with Crippen LogP contribution in [0.25, 0.3) is 38.7 Å². The molecule has 0 bridgehead atoms. The lowest BCUT2D eigenvalue weighted by Crippen LogP contribution is -1.95. The van der Waals surface area contributed by atoms with Crippen molar-refractivity contribution in [2.45, 2.75) is 0 Å². The molecule has 3 aromatic carbocycles. The van der Waals surface area contributed by atoms with E-state index in [2.05, 4.69) is 71.2 Å². The molecule has 2 aromatic heterocycles. The molecule has 0 atom stereocenters.